The molecule has 3 atom stereocenters. The number of nitrogens with one attached hydrogen (secondary N) is 1. The molecule has 0 radical (unpaired) electrons. The third-order valence-electron chi connectivity index (χ3n) is 7.75. The van der Waals surface area contributed by atoms with Crippen LogP contribution in [0.2, 0.25) is 0 Å². The maximum absolute atomic E-state index is 15.7. The Kier molecular flexibility index (Phi) is 6.35. The minimum absolute atomic E-state index is 0.000159. The fourth-order valence-corrected chi connectivity index (χ4v) is 6.59. The third kappa shape index (κ3) is 4.81. The first-order valence-electron chi connectivity index (χ1n) is 12.1. The molecule has 1 aliphatic carbocycles. The quantitative estimate of drug-likeness (QED) is 0.659. The lowest BCUT2D eigenvalue weighted by atomic mass is 9.91. The molecule has 9 heteroatoms. The predicted molar refractivity (Wildman–Crippen MR) is 132 cm³/mol. The third-order valence-corrected chi connectivity index (χ3v) is 8.43. The molecule has 2 aromatic rings. The Morgan fingerprint density at radius 2 is 1.91 bits per heavy atom. The normalized spacial score (nSPS) is 25.4. The molecule has 2 saturated heterocycles. The van der Waals surface area contributed by atoms with Crippen molar-refractivity contribution in [3.8, 4) is 11.1 Å². The van der Waals surface area contributed by atoms with E-state index in [2.05, 4.69) is 4.72 Å². The SMILES string of the molecule is CO[C@H]1CCN(C(=O)N2CC3(CC3)[C@H](NS(C)(=O)=O)[C@@H]2Cc2cccc(-c3ccccc3)c2F)C1. The summed E-state index contributed by atoms with van der Waals surface area (Å²) < 4.78 is 48.6. The lowest BCUT2D eigenvalue weighted by Crippen LogP contribution is -2.52. The lowest BCUT2D eigenvalue weighted by Gasteiger charge is -2.32. The van der Waals surface area contributed by atoms with Crippen molar-refractivity contribution in [2.75, 3.05) is 33.0 Å². The number of urea groups is 1. The molecule has 1 spiro atoms. The molecule has 5 rings (SSSR count). The Hall–Kier alpha value is -2.49. The number of likely N-dealkylation sites (tertiary alicyclic amines) is 2. The van der Waals surface area contributed by atoms with E-state index in [1.807, 2.05) is 36.4 Å². The molecule has 188 valence electrons. The molecular formula is C26H32FN3O4S. The van der Waals surface area contributed by atoms with E-state index < -0.39 is 22.1 Å². The van der Waals surface area contributed by atoms with Gasteiger partial charge in [-0.2, -0.15) is 0 Å². The molecule has 3 aliphatic rings. The van der Waals surface area contributed by atoms with Gasteiger partial charge in [0.05, 0.1) is 18.4 Å². The van der Waals surface area contributed by atoms with Crippen LogP contribution in [0.3, 0.4) is 0 Å². The summed E-state index contributed by atoms with van der Waals surface area (Å²) in [7, 11) is -1.88. The largest absolute Gasteiger partial charge is 0.380 e. The highest BCUT2D eigenvalue weighted by Gasteiger charge is 2.61. The van der Waals surface area contributed by atoms with Crippen LogP contribution in [-0.4, -0.2) is 75.4 Å². The van der Waals surface area contributed by atoms with Gasteiger partial charge in [-0.3, -0.25) is 0 Å². The summed E-state index contributed by atoms with van der Waals surface area (Å²) in [5.74, 6) is -0.332. The van der Waals surface area contributed by atoms with Crippen LogP contribution < -0.4 is 4.72 Å². The van der Waals surface area contributed by atoms with E-state index in [1.54, 1.807) is 29.0 Å². The van der Waals surface area contributed by atoms with E-state index in [0.717, 1.165) is 31.1 Å². The number of nitrogens with zero attached hydrogens (tertiary/aromatic N) is 2. The van der Waals surface area contributed by atoms with Crippen LogP contribution in [0.1, 0.15) is 24.8 Å². The van der Waals surface area contributed by atoms with E-state index >= 15 is 4.39 Å². The van der Waals surface area contributed by atoms with Crippen LogP contribution in [0.25, 0.3) is 11.1 Å². The second kappa shape index (κ2) is 9.19. The number of methoxy groups -OCH3 is 1. The van der Waals surface area contributed by atoms with Crippen LogP contribution >= 0.6 is 0 Å². The number of benzene rings is 2. The first-order valence-corrected chi connectivity index (χ1v) is 14.0. The molecule has 1 N–H and O–H groups in total. The van der Waals surface area contributed by atoms with Crippen molar-refractivity contribution < 1.29 is 22.3 Å². The van der Waals surface area contributed by atoms with Crippen LogP contribution in [0.4, 0.5) is 9.18 Å². The van der Waals surface area contributed by atoms with Gasteiger partial charge in [-0.1, -0.05) is 48.5 Å². The van der Waals surface area contributed by atoms with Crippen LogP contribution in [0, 0.1) is 11.2 Å². The summed E-state index contributed by atoms with van der Waals surface area (Å²) in [5.41, 5.74) is 1.45. The van der Waals surface area contributed by atoms with Gasteiger partial charge in [0.1, 0.15) is 5.82 Å². The summed E-state index contributed by atoms with van der Waals surface area (Å²) in [4.78, 5) is 17.2. The first-order chi connectivity index (χ1) is 16.7. The van der Waals surface area contributed by atoms with Gasteiger partial charge >= 0.3 is 6.03 Å². The first kappa shape index (κ1) is 24.2. The minimum atomic E-state index is -3.52. The number of sulfonamides is 1. The Labute approximate surface area is 206 Å². The number of amides is 2. The van der Waals surface area contributed by atoms with Gasteiger partial charge in [0, 0.05) is 43.8 Å². The maximum atomic E-state index is 15.7. The highest BCUT2D eigenvalue weighted by Crippen LogP contribution is 2.55. The van der Waals surface area contributed by atoms with Crippen molar-refractivity contribution in [3.05, 3.63) is 59.9 Å². The highest BCUT2D eigenvalue weighted by molar-refractivity contribution is 7.88. The van der Waals surface area contributed by atoms with E-state index in [4.69, 9.17) is 4.74 Å². The summed E-state index contributed by atoms with van der Waals surface area (Å²) in [6.45, 7) is 1.57. The van der Waals surface area contributed by atoms with E-state index in [1.165, 1.54) is 0 Å². The Bertz CT molecular complexity index is 1200. The van der Waals surface area contributed by atoms with Crippen LogP contribution in [0.5, 0.6) is 0 Å². The number of hydrogen-bond acceptors (Lipinski definition) is 4. The zero-order chi connectivity index (χ0) is 24.8. The monoisotopic (exact) mass is 501 g/mol. The molecule has 35 heavy (non-hydrogen) atoms. The number of halogens is 1. The standard InChI is InChI=1S/C26H32FN3O4S/c1-34-20-11-14-29(16-20)25(31)30-17-26(12-13-26)24(28-35(2,32)33)22(30)15-19-9-6-10-21(23(19)27)18-7-4-3-5-8-18/h3-10,20,22,24,28H,11-17H2,1-2H3/t20-,22-,24+/m0/s1. The van der Waals surface area contributed by atoms with E-state index in [0.29, 0.717) is 30.8 Å². The average Bonchev–Trinajstić information content (AvgIpc) is 3.35. The number of carbonyl (C=O) groups excluding carboxylic acids is 1. The molecule has 2 amide bonds. The summed E-state index contributed by atoms with van der Waals surface area (Å²) in [5, 5.41) is 0. The Morgan fingerprint density at radius 3 is 2.54 bits per heavy atom. The molecule has 0 unspecified atom stereocenters. The Morgan fingerprint density at radius 1 is 1.17 bits per heavy atom. The predicted octanol–water partition coefficient (Wildman–Crippen LogP) is 3.26. The van der Waals surface area contributed by atoms with Crippen molar-refractivity contribution in [3.63, 3.8) is 0 Å². The van der Waals surface area contributed by atoms with Gasteiger partial charge in [-0.25, -0.2) is 22.3 Å². The second-order valence-electron chi connectivity index (χ2n) is 10.1. The van der Waals surface area contributed by atoms with Gasteiger partial charge in [0.2, 0.25) is 10.0 Å². The van der Waals surface area contributed by atoms with Crippen LogP contribution in [0.15, 0.2) is 48.5 Å². The van der Waals surface area contributed by atoms with Crippen LogP contribution in [-0.2, 0) is 21.2 Å². The topological polar surface area (TPSA) is 79.0 Å². The molecule has 1 saturated carbocycles. The summed E-state index contributed by atoms with van der Waals surface area (Å²) >= 11 is 0. The van der Waals surface area contributed by atoms with Crippen molar-refractivity contribution in [2.45, 2.75) is 43.9 Å². The fraction of sp³-hybridized carbons (Fsp3) is 0.500. The highest BCUT2D eigenvalue weighted by atomic mass is 32.2. The van der Waals surface area contributed by atoms with Gasteiger partial charge in [0.25, 0.3) is 0 Å². The second-order valence-corrected chi connectivity index (χ2v) is 11.9. The van der Waals surface area contributed by atoms with Gasteiger partial charge in [-0.15, -0.1) is 0 Å². The summed E-state index contributed by atoms with van der Waals surface area (Å²) in [6.07, 6.45) is 3.82. The number of hydrogen-bond donors (Lipinski definition) is 1. The van der Waals surface area contributed by atoms with Gasteiger partial charge in [-0.05, 0) is 36.8 Å². The molecule has 0 aromatic heterocycles. The summed E-state index contributed by atoms with van der Waals surface area (Å²) in [6, 6.07) is 13.6. The minimum Gasteiger partial charge on any atom is -0.380 e. The molecule has 7 nitrogen and oxygen atoms in total. The molecular weight excluding hydrogens is 469 g/mol. The number of carbonyl (C=O) groups is 1. The number of ether oxygens (including phenoxy) is 1. The zero-order valence-corrected chi connectivity index (χ0v) is 20.9. The smallest absolute Gasteiger partial charge is 0.320 e. The van der Waals surface area contributed by atoms with Crippen molar-refractivity contribution >= 4 is 16.1 Å². The molecule has 3 fully saturated rings. The van der Waals surface area contributed by atoms with Crippen molar-refractivity contribution in [1.82, 2.24) is 14.5 Å². The van der Waals surface area contributed by atoms with E-state index in [9.17, 15) is 13.2 Å². The molecule has 0 bridgehead atoms. The molecule has 2 aliphatic heterocycles. The van der Waals surface area contributed by atoms with Crippen molar-refractivity contribution in [2.24, 2.45) is 5.41 Å². The molecule has 2 aromatic carbocycles. The van der Waals surface area contributed by atoms with Gasteiger partial charge < -0.3 is 14.5 Å². The molecule has 2 heterocycles. The lowest BCUT2D eigenvalue weighted by molar-refractivity contribution is 0.104. The van der Waals surface area contributed by atoms with Gasteiger partial charge in [0.15, 0.2) is 0 Å². The maximum Gasteiger partial charge on any atom is 0.320 e. The zero-order valence-electron chi connectivity index (χ0n) is 20.1. The number of rotatable bonds is 6. The fourth-order valence-electron chi connectivity index (χ4n) is 5.72. The van der Waals surface area contributed by atoms with E-state index in [-0.39, 0.29) is 29.8 Å². The Balaban J connectivity index is 1.48. The van der Waals surface area contributed by atoms with Crippen molar-refractivity contribution in [1.29, 1.82) is 0 Å². The average molecular weight is 502 g/mol.